The number of urea groups is 1. The fourth-order valence-electron chi connectivity index (χ4n) is 3.58. The third-order valence-corrected chi connectivity index (χ3v) is 5.15. The van der Waals surface area contributed by atoms with Crippen molar-refractivity contribution in [1.82, 2.24) is 19.4 Å². The maximum atomic E-state index is 12.1. The molecule has 0 bridgehead atoms. The summed E-state index contributed by atoms with van der Waals surface area (Å²) in [4.78, 5) is 37.6. The van der Waals surface area contributed by atoms with Gasteiger partial charge in [-0.2, -0.15) is 0 Å². The first-order chi connectivity index (χ1) is 12.9. The summed E-state index contributed by atoms with van der Waals surface area (Å²) in [6, 6.07) is 5.05. The van der Waals surface area contributed by atoms with E-state index in [1.54, 1.807) is 35.4 Å². The van der Waals surface area contributed by atoms with Gasteiger partial charge in [0, 0.05) is 39.4 Å². The van der Waals surface area contributed by atoms with Crippen LogP contribution in [0, 0.1) is 5.92 Å². The average Bonchev–Trinajstić information content (AvgIpc) is 2.86. The summed E-state index contributed by atoms with van der Waals surface area (Å²) in [6.07, 6.45) is 1.78. The molecule has 4 N–H and O–H groups in total. The minimum Gasteiger partial charge on any atom is -0.369 e. The predicted molar refractivity (Wildman–Crippen MR) is 104 cm³/mol. The number of hydrogen-bond acceptors (Lipinski definition) is 4. The third kappa shape index (κ3) is 4.13. The van der Waals surface area contributed by atoms with E-state index in [2.05, 4.69) is 15.5 Å². The molecular weight excluding hydrogens is 348 g/mol. The lowest BCUT2D eigenvalue weighted by atomic mass is 9.97. The Morgan fingerprint density at radius 2 is 1.96 bits per heavy atom. The largest absolute Gasteiger partial charge is 0.369 e. The minimum absolute atomic E-state index is 0.100. The number of piperidine rings is 1. The van der Waals surface area contributed by atoms with Crippen LogP contribution in [0.3, 0.4) is 0 Å². The van der Waals surface area contributed by atoms with Crippen LogP contribution in [-0.4, -0.2) is 52.2 Å². The molecule has 1 aromatic heterocycles. The summed E-state index contributed by atoms with van der Waals surface area (Å²) in [5, 5.41) is 5.61. The number of nitrogens with zero attached hydrogens (tertiary/aromatic N) is 3. The van der Waals surface area contributed by atoms with Crippen LogP contribution in [0.4, 0.5) is 10.5 Å². The zero-order valence-electron chi connectivity index (χ0n) is 15.7. The maximum Gasteiger partial charge on any atom is 0.328 e. The third-order valence-electron chi connectivity index (χ3n) is 5.15. The molecule has 1 aromatic carbocycles. The summed E-state index contributed by atoms with van der Waals surface area (Å²) in [5.74, 6) is -0.354. The fraction of sp³-hybridized carbons (Fsp3) is 0.500. The van der Waals surface area contributed by atoms with Crippen molar-refractivity contribution >= 4 is 28.7 Å². The van der Waals surface area contributed by atoms with Gasteiger partial charge in [0.15, 0.2) is 0 Å². The molecule has 0 aliphatic carbocycles. The Balaban J connectivity index is 1.52. The molecule has 0 radical (unpaired) electrons. The second-order valence-corrected chi connectivity index (χ2v) is 7.03. The predicted octanol–water partition coefficient (Wildman–Crippen LogP) is 0.196. The number of hydrogen-bond donors (Lipinski definition) is 3. The van der Waals surface area contributed by atoms with Crippen molar-refractivity contribution in [3.05, 3.63) is 28.7 Å². The SMILES string of the molecule is Cn1c(=O)n(C)c2cc(NC(=O)NCCN3CCC[C@@H](C(N)=O)C3)ccc21. The topological polar surface area (TPSA) is 114 Å². The van der Waals surface area contributed by atoms with E-state index in [4.69, 9.17) is 5.73 Å². The van der Waals surface area contributed by atoms with Gasteiger partial charge < -0.3 is 21.3 Å². The van der Waals surface area contributed by atoms with Gasteiger partial charge in [-0.1, -0.05) is 0 Å². The number of carbonyl (C=O) groups excluding carboxylic acids is 2. The van der Waals surface area contributed by atoms with E-state index in [1.807, 2.05) is 6.07 Å². The minimum atomic E-state index is -0.307. The summed E-state index contributed by atoms with van der Waals surface area (Å²) < 4.78 is 3.11. The molecule has 1 fully saturated rings. The van der Waals surface area contributed by atoms with Crippen molar-refractivity contribution in [2.45, 2.75) is 12.8 Å². The van der Waals surface area contributed by atoms with E-state index in [0.29, 0.717) is 25.3 Å². The number of nitrogens with two attached hydrogens (primary N) is 1. The van der Waals surface area contributed by atoms with Crippen molar-refractivity contribution in [2.24, 2.45) is 25.7 Å². The molecule has 9 heteroatoms. The molecule has 1 aliphatic heterocycles. The molecule has 146 valence electrons. The van der Waals surface area contributed by atoms with Gasteiger partial charge in [-0.25, -0.2) is 9.59 Å². The molecule has 0 saturated carbocycles. The van der Waals surface area contributed by atoms with Gasteiger partial charge in [0.25, 0.3) is 0 Å². The van der Waals surface area contributed by atoms with E-state index in [1.165, 1.54) is 0 Å². The van der Waals surface area contributed by atoms with E-state index in [9.17, 15) is 14.4 Å². The van der Waals surface area contributed by atoms with Gasteiger partial charge in [-0.3, -0.25) is 13.9 Å². The number of anilines is 1. The zero-order valence-corrected chi connectivity index (χ0v) is 15.7. The molecule has 0 unspecified atom stereocenters. The molecular formula is C18H26N6O3. The van der Waals surface area contributed by atoms with Crippen molar-refractivity contribution in [3.8, 4) is 0 Å². The number of aryl methyl sites for hydroxylation is 2. The number of fused-ring (bicyclic) bond motifs is 1. The number of rotatable bonds is 5. The molecule has 2 aromatic rings. The lowest BCUT2D eigenvalue weighted by molar-refractivity contribution is -0.123. The highest BCUT2D eigenvalue weighted by atomic mass is 16.2. The van der Waals surface area contributed by atoms with E-state index >= 15 is 0 Å². The number of aromatic nitrogens is 2. The maximum absolute atomic E-state index is 12.1. The molecule has 2 heterocycles. The van der Waals surface area contributed by atoms with Crippen LogP contribution < -0.4 is 22.1 Å². The van der Waals surface area contributed by atoms with Crippen molar-refractivity contribution in [1.29, 1.82) is 0 Å². The molecule has 1 atom stereocenters. The van der Waals surface area contributed by atoms with Crippen molar-refractivity contribution in [2.75, 3.05) is 31.5 Å². The van der Waals surface area contributed by atoms with Crippen LogP contribution in [0.15, 0.2) is 23.0 Å². The number of amides is 3. The normalized spacial score (nSPS) is 17.8. The Labute approximate surface area is 157 Å². The number of likely N-dealkylation sites (tertiary alicyclic amines) is 1. The molecule has 1 saturated heterocycles. The van der Waals surface area contributed by atoms with Crippen molar-refractivity contribution < 1.29 is 9.59 Å². The molecule has 3 rings (SSSR count). The number of benzene rings is 1. The summed E-state index contributed by atoms with van der Waals surface area (Å²) in [6.45, 7) is 2.70. The van der Waals surface area contributed by atoms with Crippen LogP contribution in [-0.2, 0) is 18.9 Å². The van der Waals surface area contributed by atoms with Gasteiger partial charge in [0.2, 0.25) is 5.91 Å². The number of carbonyl (C=O) groups is 2. The highest BCUT2D eigenvalue weighted by Gasteiger charge is 2.23. The summed E-state index contributed by atoms with van der Waals surface area (Å²) >= 11 is 0. The molecule has 9 nitrogen and oxygen atoms in total. The smallest absolute Gasteiger partial charge is 0.328 e. The van der Waals surface area contributed by atoms with E-state index in [-0.39, 0.29) is 23.5 Å². The summed E-state index contributed by atoms with van der Waals surface area (Å²) in [7, 11) is 3.42. The number of primary amides is 1. The first-order valence-corrected chi connectivity index (χ1v) is 9.09. The Hall–Kier alpha value is -2.81. The van der Waals surface area contributed by atoms with Crippen LogP contribution in [0.5, 0.6) is 0 Å². The Bertz CT molecular complexity index is 916. The van der Waals surface area contributed by atoms with Crippen LogP contribution in [0.1, 0.15) is 12.8 Å². The van der Waals surface area contributed by atoms with Gasteiger partial charge in [0.05, 0.1) is 17.0 Å². The van der Waals surface area contributed by atoms with Gasteiger partial charge in [0.1, 0.15) is 0 Å². The molecule has 3 amide bonds. The number of nitrogens with one attached hydrogen (secondary N) is 2. The Morgan fingerprint density at radius 1 is 1.22 bits per heavy atom. The first-order valence-electron chi connectivity index (χ1n) is 9.09. The highest BCUT2D eigenvalue weighted by molar-refractivity contribution is 5.92. The standard InChI is InChI=1S/C18H26N6O3/c1-22-14-6-5-13(10-15(14)23(2)18(22)27)21-17(26)20-7-9-24-8-3-4-12(11-24)16(19)25/h5-6,10,12H,3-4,7-9,11H2,1-2H3,(H2,19,25)(H2,20,21,26)/t12-/m1/s1. The molecule has 1 aliphatic rings. The van der Waals surface area contributed by atoms with Crippen molar-refractivity contribution in [3.63, 3.8) is 0 Å². The molecule has 0 spiro atoms. The van der Waals surface area contributed by atoms with Crippen LogP contribution >= 0.6 is 0 Å². The Morgan fingerprint density at radius 3 is 2.70 bits per heavy atom. The quantitative estimate of drug-likeness (QED) is 0.693. The van der Waals surface area contributed by atoms with E-state index in [0.717, 1.165) is 30.4 Å². The Kier molecular flexibility index (Phi) is 5.50. The van der Waals surface area contributed by atoms with Crippen LogP contribution in [0.2, 0.25) is 0 Å². The zero-order chi connectivity index (χ0) is 19.6. The summed E-state index contributed by atoms with van der Waals surface area (Å²) in [5.41, 5.74) is 7.46. The van der Waals surface area contributed by atoms with Crippen LogP contribution in [0.25, 0.3) is 11.0 Å². The van der Waals surface area contributed by atoms with Gasteiger partial charge in [-0.15, -0.1) is 0 Å². The van der Waals surface area contributed by atoms with Gasteiger partial charge in [-0.05, 0) is 37.6 Å². The highest BCUT2D eigenvalue weighted by Crippen LogP contribution is 2.17. The first kappa shape index (κ1) is 19.0. The lowest BCUT2D eigenvalue weighted by Crippen LogP contribution is -2.44. The number of imidazole rings is 1. The second-order valence-electron chi connectivity index (χ2n) is 7.03. The lowest BCUT2D eigenvalue weighted by Gasteiger charge is -2.31. The van der Waals surface area contributed by atoms with Gasteiger partial charge >= 0.3 is 11.7 Å². The average molecular weight is 374 g/mol. The fourth-order valence-corrected chi connectivity index (χ4v) is 3.58. The monoisotopic (exact) mass is 374 g/mol. The second kappa shape index (κ2) is 7.83. The van der Waals surface area contributed by atoms with E-state index < -0.39 is 0 Å². The molecule has 27 heavy (non-hydrogen) atoms.